The fourth-order valence-electron chi connectivity index (χ4n) is 1.57. The van der Waals surface area contributed by atoms with E-state index in [9.17, 15) is 4.79 Å². The van der Waals surface area contributed by atoms with Crippen LogP contribution in [0.25, 0.3) is 6.08 Å². The highest BCUT2D eigenvalue weighted by Gasteiger charge is 1.96. The lowest BCUT2D eigenvalue weighted by atomic mass is 10.1. The summed E-state index contributed by atoms with van der Waals surface area (Å²) in [5, 5.41) is 0. The van der Waals surface area contributed by atoms with Crippen LogP contribution in [0.1, 0.15) is 38.2 Å². The van der Waals surface area contributed by atoms with Gasteiger partial charge < -0.3 is 4.74 Å². The van der Waals surface area contributed by atoms with Crippen molar-refractivity contribution in [3.63, 3.8) is 0 Å². The molecule has 92 valence electrons. The van der Waals surface area contributed by atoms with Crippen molar-refractivity contribution in [3.8, 4) is 5.75 Å². The summed E-state index contributed by atoms with van der Waals surface area (Å²) in [6.07, 6.45) is 7.40. The molecule has 1 aromatic rings. The van der Waals surface area contributed by atoms with E-state index < -0.39 is 0 Å². The van der Waals surface area contributed by atoms with Crippen LogP contribution in [0.3, 0.4) is 0 Å². The second kappa shape index (κ2) is 7.66. The van der Waals surface area contributed by atoms with Crippen LogP contribution in [0.4, 0.5) is 0 Å². The number of hydrogen-bond donors (Lipinski definition) is 0. The predicted molar refractivity (Wildman–Crippen MR) is 71.2 cm³/mol. The summed E-state index contributed by atoms with van der Waals surface area (Å²) in [5.41, 5.74) is 0.994. The minimum Gasteiger partial charge on any atom is -0.497 e. The zero-order chi connectivity index (χ0) is 12.5. The van der Waals surface area contributed by atoms with Gasteiger partial charge in [0.25, 0.3) is 0 Å². The zero-order valence-electron chi connectivity index (χ0n) is 10.6. The monoisotopic (exact) mass is 232 g/mol. The molecule has 17 heavy (non-hydrogen) atoms. The smallest absolute Gasteiger partial charge is 0.155 e. The molecule has 0 saturated heterocycles. The highest BCUT2D eigenvalue weighted by molar-refractivity contribution is 5.93. The number of allylic oxidation sites excluding steroid dienone is 1. The lowest BCUT2D eigenvalue weighted by Gasteiger charge is -2.00. The van der Waals surface area contributed by atoms with Crippen molar-refractivity contribution in [1.29, 1.82) is 0 Å². The Bertz CT molecular complexity index is 380. The number of carbonyl (C=O) groups excluding carboxylic acids is 1. The van der Waals surface area contributed by atoms with Crippen LogP contribution in [0.15, 0.2) is 30.3 Å². The summed E-state index contributed by atoms with van der Waals surface area (Å²) in [5.74, 6) is 1.01. The molecule has 2 nitrogen and oxygen atoms in total. The van der Waals surface area contributed by atoms with Crippen LogP contribution in [0, 0.1) is 0 Å². The largest absolute Gasteiger partial charge is 0.497 e. The van der Waals surface area contributed by atoms with Crippen LogP contribution in [0.2, 0.25) is 0 Å². The minimum absolute atomic E-state index is 0.196. The normalized spacial score (nSPS) is 10.7. The molecule has 0 unspecified atom stereocenters. The summed E-state index contributed by atoms with van der Waals surface area (Å²) in [6.45, 7) is 2.14. The summed E-state index contributed by atoms with van der Waals surface area (Å²) < 4.78 is 5.12. The van der Waals surface area contributed by atoms with Crippen LogP contribution < -0.4 is 4.74 Å². The van der Waals surface area contributed by atoms with E-state index in [2.05, 4.69) is 6.92 Å². The van der Waals surface area contributed by atoms with E-state index in [1.807, 2.05) is 30.3 Å². The number of methoxy groups -OCH3 is 1. The van der Waals surface area contributed by atoms with Crippen molar-refractivity contribution in [2.45, 2.75) is 32.6 Å². The molecular formula is C15H20O2. The molecule has 0 amide bonds. The van der Waals surface area contributed by atoms with Crippen LogP contribution in [0.5, 0.6) is 5.75 Å². The standard InChI is InChI=1S/C15H20O2/c1-3-4-5-8-14(16)11-10-13-7-6-9-15(12-13)17-2/h6-7,9-12H,3-5,8H2,1-2H3/b11-10+. The molecule has 0 N–H and O–H groups in total. The Morgan fingerprint density at radius 2 is 2.18 bits per heavy atom. The molecule has 0 bridgehead atoms. The third-order valence-electron chi connectivity index (χ3n) is 2.58. The third-order valence-corrected chi connectivity index (χ3v) is 2.58. The molecule has 0 radical (unpaired) electrons. The maximum absolute atomic E-state index is 11.5. The number of ether oxygens (including phenoxy) is 1. The predicted octanol–water partition coefficient (Wildman–Crippen LogP) is 3.86. The Hall–Kier alpha value is -1.57. The first-order chi connectivity index (χ1) is 8.26. The van der Waals surface area contributed by atoms with Gasteiger partial charge in [-0.25, -0.2) is 0 Å². The van der Waals surface area contributed by atoms with Gasteiger partial charge in [-0.05, 0) is 30.2 Å². The van der Waals surface area contributed by atoms with Gasteiger partial charge >= 0.3 is 0 Å². The van der Waals surface area contributed by atoms with Crippen molar-refractivity contribution in [3.05, 3.63) is 35.9 Å². The van der Waals surface area contributed by atoms with Crippen molar-refractivity contribution in [2.24, 2.45) is 0 Å². The third kappa shape index (κ3) is 5.34. The molecule has 0 heterocycles. The summed E-state index contributed by atoms with van der Waals surface area (Å²) in [4.78, 5) is 11.5. The fourth-order valence-corrected chi connectivity index (χ4v) is 1.57. The molecule has 0 fully saturated rings. The molecule has 0 spiro atoms. The maximum atomic E-state index is 11.5. The van der Waals surface area contributed by atoms with Gasteiger partial charge in [-0.2, -0.15) is 0 Å². The highest BCUT2D eigenvalue weighted by atomic mass is 16.5. The van der Waals surface area contributed by atoms with Gasteiger partial charge in [-0.3, -0.25) is 4.79 Å². The molecule has 0 atom stereocenters. The van der Waals surface area contributed by atoms with E-state index in [0.29, 0.717) is 6.42 Å². The van der Waals surface area contributed by atoms with Gasteiger partial charge in [0.15, 0.2) is 5.78 Å². The van der Waals surface area contributed by atoms with Gasteiger partial charge in [-0.1, -0.05) is 38.0 Å². The lowest BCUT2D eigenvalue weighted by Crippen LogP contribution is -1.91. The number of carbonyl (C=O) groups is 1. The molecule has 1 aromatic carbocycles. The molecule has 0 aliphatic rings. The highest BCUT2D eigenvalue weighted by Crippen LogP contribution is 2.13. The van der Waals surface area contributed by atoms with Gasteiger partial charge in [0, 0.05) is 6.42 Å². The van der Waals surface area contributed by atoms with E-state index in [4.69, 9.17) is 4.74 Å². The van der Waals surface area contributed by atoms with E-state index in [1.54, 1.807) is 13.2 Å². The molecule has 2 heteroatoms. The average molecular weight is 232 g/mol. The fraction of sp³-hybridized carbons (Fsp3) is 0.400. The summed E-state index contributed by atoms with van der Waals surface area (Å²) in [6, 6.07) is 7.68. The van der Waals surface area contributed by atoms with E-state index in [0.717, 1.165) is 30.6 Å². The Kier molecular flexibility index (Phi) is 6.08. The van der Waals surface area contributed by atoms with Crippen LogP contribution in [-0.4, -0.2) is 12.9 Å². The van der Waals surface area contributed by atoms with E-state index >= 15 is 0 Å². The van der Waals surface area contributed by atoms with Crippen molar-refractivity contribution < 1.29 is 9.53 Å². The van der Waals surface area contributed by atoms with Crippen LogP contribution in [-0.2, 0) is 4.79 Å². The SMILES string of the molecule is CCCCCC(=O)/C=C/c1cccc(OC)c1. The van der Waals surface area contributed by atoms with E-state index in [1.165, 1.54) is 0 Å². The average Bonchev–Trinajstić information content (AvgIpc) is 2.37. The van der Waals surface area contributed by atoms with Gasteiger partial charge in [0.2, 0.25) is 0 Å². The summed E-state index contributed by atoms with van der Waals surface area (Å²) >= 11 is 0. The number of benzene rings is 1. The number of hydrogen-bond acceptors (Lipinski definition) is 2. The number of rotatable bonds is 7. The van der Waals surface area contributed by atoms with E-state index in [-0.39, 0.29) is 5.78 Å². The summed E-state index contributed by atoms with van der Waals surface area (Å²) in [7, 11) is 1.64. The number of ketones is 1. The van der Waals surface area contributed by atoms with Crippen molar-refractivity contribution >= 4 is 11.9 Å². The van der Waals surface area contributed by atoms with Gasteiger partial charge in [0.1, 0.15) is 5.75 Å². The Balaban J connectivity index is 2.48. The molecule has 0 saturated carbocycles. The first kappa shape index (κ1) is 13.5. The van der Waals surface area contributed by atoms with Crippen molar-refractivity contribution in [1.82, 2.24) is 0 Å². The zero-order valence-corrected chi connectivity index (χ0v) is 10.6. The molecule has 1 rings (SSSR count). The molecular weight excluding hydrogens is 212 g/mol. The van der Waals surface area contributed by atoms with Gasteiger partial charge in [0.05, 0.1) is 7.11 Å². The Morgan fingerprint density at radius 1 is 1.35 bits per heavy atom. The second-order valence-electron chi connectivity index (χ2n) is 4.03. The van der Waals surface area contributed by atoms with Crippen molar-refractivity contribution in [2.75, 3.05) is 7.11 Å². The quantitative estimate of drug-likeness (QED) is 0.527. The second-order valence-corrected chi connectivity index (χ2v) is 4.03. The first-order valence-electron chi connectivity index (χ1n) is 6.11. The number of unbranched alkanes of at least 4 members (excludes halogenated alkanes) is 2. The minimum atomic E-state index is 0.196. The first-order valence-corrected chi connectivity index (χ1v) is 6.11. The lowest BCUT2D eigenvalue weighted by molar-refractivity contribution is -0.114. The molecule has 0 aliphatic heterocycles. The Labute approximate surface area is 103 Å². The molecule has 0 aromatic heterocycles. The molecule has 0 aliphatic carbocycles. The Morgan fingerprint density at radius 3 is 2.88 bits per heavy atom. The maximum Gasteiger partial charge on any atom is 0.155 e. The van der Waals surface area contributed by atoms with Crippen LogP contribution >= 0.6 is 0 Å². The van der Waals surface area contributed by atoms with Gasteiger partial charge in [-0.15, -0.1) is 0 Å². The topological polar surface area (TPSA) is 26.3 Å².